The minimum absolute atomic E-state index is 0.0269. The van der Waals surface area contributed by atoms with Gasteiger partial charge in [0.25, 0.3) is 0 Å². The molecule has 1 heterocycles. The van der Waals surface area contributed by atoms with Crippen LogP contribution < -0.4 is 5.32 Å². The van der Waals surface area contributed by atoms with Crippen LogP contribution in [0.3, 0.4) is 0 Å². The molecule has 4 heteroatoms. The van der Waals surface area contributed by atoms with Crippen LogP contribution in [-0.2, 0) is 0 Å². The maximum atomic E-state index is 12.4. The second-order valence-electron chi connectivity index (χ2n) is 7.01. The highest BCUT2D eigenvalue weighted by molar-refractivity contribution is 5.78. The molecule has 1 N–H and O–H groups in total. The van der Waals surface area contributed by atoms with Gasteiger partial charge in [-0.05, 0) is 31.4 Å². The maximum absolute atomic E-state index is 12.4. The van der Waals surface area contributed by atoms with Crippen molar-refractivity contribution in [2.24, 2.45) is 5.41 Å². The summed E-state index contributed by atoms with van der Waals surface area (Å²) in [4.78, 5) is 14.1. The van der Waals surface area contributed by atoms with E-state index in [1.54, 1.807) is 11.9 Å². The Bertz CT molecular complexity index is 621. The number of carbonyl (C=O) groups excluding carboxylic acids is 1. The summed E-state index contributed by atoms with van der Waals surface area (Å²) in [6.07, 6.45) is 0. The van der Waals surface area contributed by atoms with Crippen LogP contribution in [0.25, 0.3) is 11.0 Å². The second kappa shape index (κ2) is 6.03. The molecule has 0 saturated carbocycles. The number of carbonyl (C=O) groups is 1. The number of furan rings is 1. The van der Waals surface area contributed by atoms with Crippen molar-refractivity contribution >= 4 is 17.0 Å². The Morgan fingerprint density at radius 2 is 1.86 bits per heavy atom. The van der Waals surface area contributed by atoms with Crippen molar-refractivity contribution in [3.8, 4) is 0 Å². The van der Waals surface area contributed by atoms with Crippen LogP contribution in [-0.4, -0.2) is 24.0 Å². The zero-order valence-corrected chi connectivity index (χ0v) is 14.3. The Balaban J connectivity index is 2.11. The quantitative estimate of drug-likeness (QED) is 0.902. The van der Waals surface area contributed by atoms with Crippen LogP contribution in [0.2, 0.25) is 0 Å². The van der Waals surface area contributed by atoms with E-state index in [1.807, 2.05) is 44.2 Å². The van der Waals surface area contributed by atoms with Gasteiger partial charge in [-0.2, -0.15) is 0 Å². The van der Waals surface area contributed by atoms with Crippen molar-refractivity contribution in [2.45, 2.75) is 46.7 Å². The van der Waals surface area contributed by atoms with Crippen molar-refractivity contribution in [3.63, 3.8) is 0 Å². The number of benzene rings is 1. The number of amides is 2. The van der Waals surface area contributed by atoms with Gasteiger partial charge in [-0.15, -0.1) is 0 Å². The average Bonchev–Trinajstić information content (AvgIpc) is 2.88. The molecule has 0 aliphatic carbocycles. The van der Waals surface area contributed by atoms with E-state index in [9.17, 15) is 4.79 Å². The Labute approximate surface area is 132 Å². The fourth-order valence-corrected chi connectivity index (χ4v) is 2.08. The third-order valence-electron chi connectivity index (χ3n) is 4.40. The molecule has 0 unspecified atom stereocenters. The van der Waals surface area contributed by atoms with E-state index in [4.69, 9.17) is 4.42 Å². The molecule has 0 saturated heterocycles. The number of rotatable bonds is 3. The van der Waals surface area contributed by atoms with Crippen molar-refractivity contribution in [1.82, 2.24) is 10.2 Å². The summed E-state index contributed by atoms with van der Waals surface area (Å²) in [5.74, 6) is 0.794. The molecule has 2 aromatic rings. The summed E-state index contributed by atoms with van der Waals surface area (Å²) in [5, 5.41) is 4.11. The van der Waals surface area contributed by atoms with Gasteiger partial charge in [0.15, 0.2) is 0 Å². The number of nitrogens with one attached hydrogen (secondary N) is 1. The zero-order chi connectivity index (χ0) is 16.5. The van der Waals surface area contributed by atoms with Crippen molar-refractivity contribution in [3.05, 3.63) is 36.1 Å². The molecule has 22 heavy (non-hydrogen) atoms. The number of hydrogen-bond acceptors (Lipinski definition) is 2. The predicted molar refractivity (Wildman–Crippen MR) is 89.8 cm³/mol. The SMILES string of the molecule is C[C@H](c1cc2ccccc2o1)N(C)C(=O)N[C@@H](C)C(C)(C)C. The number of para-hydroxylation sites is 1. The topological polar surface area (TPSA) is 45.5 Å². The average molecular weight is 302 g/mol. The minimum atomic E-state index is -0.125. The molecule has 0 radical (unpaired) electrons. The van der Waals surface area contributed by atoms with Gasteiger partial charge in [0, 0.05) is 18.5 Å². The van der Waals surface area contributed by atoms with E-state index >= 15 is 0 Å². The van der Waals surface area contributed by atoms with Crippen LogP contribution in [0.15, 0.2) is 34.7 Å². The molecule has 0 fully saturated rings. The highest BCUT2D eigenvalue weighted by Gasteiger charge is 2.26. The summed E-state index contributed by atoms with van der Waals surface area (Å²) in [6, 6.07) is 9.75. The number of nitrogens with zero attached hydrogens (tertiary/aromatic N) is 1. The largest absolute Gasteiger partial charge is 0.459 e. The summed E-state index contributed by atoms with van der Waals surface area (Å²) in [6.45, 7) is 10.3. The Hall–Kier alpha value is -1.97. The van der Waals surface area contributed by atoms with E-state index < -0.39 is 0 Å². The third-order valence-corrected chi connectivity index (χ3v) is 4.40. The van der Waals surface area contributed by atoms with Gasteiger partial charge in [-0.25, -0.2) is 4.79 Å². The number of hydrogen-bond donors (Lipinski definition) is 1. The van der Waals surface area contributed by atoms with Crippen LogP contribution >= 0.6 is 0 Å². The first kappa shape index (κ1) is 16.4. The first-order valence-corrected chi connectivity index (χ1v) is 7.72. The summed E-state index contributed by atoms with van der Waals surface area (Å²) in [7, 11) is 1.79. The normalized spacial score (nSPS) is 14.6. The smallest absolute Gasteiger partial charge is 0.317 e. The Morgan fingerprint density at radius 1 is 1.23 bits per heavy atom. The Kier molecular flexibility index (Phi) is 4.50. The molecule has 4 nitrogen and oxygen atoms in total. The molecule has 0 bridgehead atoms. The second-order valence-corrected chi connectivity index (χ2v) is 7.01. The standard InChI is InChI=1S/C18H26N2O2/c1-12(16-11-14-9-7-8-10-15(14)22-16)20(6)17(21)19-13(2)18(3,4)5/h7-13H,1-6H3,(H,19,21)/t12-,13+/m1/s1. The van der Waals surface area contributed by atoms with Crippen LogP contribution in [0.5, 0.6) is 0 Å². The van der Waals surface area contributed by atoms with Gasteiger partial charge in [0.05, 0.1) is 6.04 Å². The van der Waals surface area contributed by atoms with Crippen molar-refractivity contribution in [1.29, 1.82) is 0 Å². The van der Waals surface area contributed by atoms with E-state index in [1.165, 1.54) is 0 Å². The lowest BCUT2D eigenvalue weighted by molar-refractivity contribution is 0.174. The molecule has 2 rings (SSSR count). The van der Waals surface area contributed by atoms with Gasteiger partial charge in [-0.3, -0.25) is 0 Å². The molecule has 0 spiro atoms. The summed E-state index contributed by atoms with van der Waals surface area (Å²) in [5.41, 5.74) is 0.875. The molecule has 2 amide bonds. The summed E-state index contributed by atoms with van der Waals surface area (Å²) < 4.78 is 5.85. The zero-order valence-electron chi connectivity index (χ0n) is 14.3. The molecule has 2 atom stereocenters. The highest BCUT2D eigenvalue weighted by Crippen LogP contribution is 2.27. The molecular formula is C18H26N2O2. The molecular weight excluding hydrogens is 276 g/mol. The van der Waals surface area contributed by atoms with Gasteiger partial charge >= 0.3 is 6.03 Å². The van der Waals surface area contributed by atoms with Crippen LogP contribution in [0.4, 0.5) is 4.79 Å². The lowest BCUT2D eigenvalue weighted by atomic mass is 9.88. The fourth-order valence-electron chi connectivity index (χ4n) is 2.08. The Morgan fingerprint density at radius 3 is 2.45 bits per heavy atom. The van der Waals surface area contributed by atoms with E-state index in [-0.39, 0.29) is 23.5 Å². The van der Waals surface area contributed by atoms with Crippen LogP contribution in [0, 0.1) is 5.41 Å². The van der Waals surface area contributed by atoms with E-state index in [2.05, 4.69) is 26.1 Å². The molecule has 120 valence electrons. The van der Waals surface area contributed by atoms with Gasteiger partial charge < -0.3 is 14.6 Å². The van der Waals surface area contributed by atoms with Crippen molar-refractivity contribution in [2.75, 3.05) is 7.05 Å². The van der Waals surface area contributed by atoms with Gasteiger partial charge in [0.2, 0.25) is 0 Å². The molecule has 0 aliphatic rings. The van der Waals surface area contributed by atoms with E-state index in [0.29, 0.717) is 0 Å². The lowest BCUT2D eigenvalue weighted by Gasteiger charge is -2.31. The monoisotopic (exact) mass is 302 g/mol. The van der Waals surface area contributed by atoms with Gasteiger partial charge in [-0.1, -0.05) is 39.0 Å². The predicted octanol–water partition coefficient (Wildman–Crippen LogP) is 4.57. The van der Waals surface area contributed by atoms with Gasteiger partial charge in [0.1, 0.15) is 11.3 Å². The highest BCUT2D eigenvalue weighted by atomic mass is 16.3. The number of fused-ring (bicyclic) bond motifs is 1. The van der Waals surface area contributed by atoms with Crippen molar-refractivity contribution < 1.29 is 9.21 Å². The molecule has 1 aromatic heterocycles. The van der Waals surface area contributed by atoms with Crippen LogP contribution in [0.1, 0.15) is 46.4 Å². The van der Waals surface area contributed by atoms with E-state index in [0.717, 1.165) is 16.7 Å². The minimum Gasteiger partial charge on any atom is -0.459 e. The maximum Gasteiger partial charge on any atom is 0.317 e. The first-order valence-electron chi connectivity index (χ1n) is 7.72. The number of urea groups is 1. The molecule has 0 aliphatic heterocycles. The first-order chi connectivity index (χ1) is 10.2. The lowest BCUT2D eigenvalue weighted by Crippen LogP contribution is -2.47. The fraction of sp³-hybridized carbons (Fsp3) is 0.500. The molecule has 1 aromatic carbocycles. The summed E-state index contributed by atoms with van der Waals surface area (Å²) >= 11 is 0. The third kappa shape index (κ3) is 3.43.